The second-order valence-electron chi connectivity index (χ2n) is 4.24. The average molecular weight is 270 g/mol. The largest absolute Gasteiger partial charge is 0.461 e. The van der Waals surface area contributed by atoms with E-state index in [0.717, 1.165) is 0 Å². The van der Waals surface area contributed by atoms with Crippen LogP contribution in [0.3, 0.4) is 0 Å². The first-order chi connectivity index (χ1) is 8.06. The van der Waals surface area contributed by atoms with E-state index >= 15 is 0 Å². The molecule has 9 nitrogen and oxygen atoms in total. The van der Waals surface area contributed by atoms with Gasteiger partial charge in [-0.05, 0) is 6.92 Å². The highest BCUT2D eigenvalue weighted by molar-refractivity contribution is 5.78. The minimum absolute atomic E-state index is 0.547. The molecule has 0 bridgehead atoms. The highest BCUT2D eigenvalue weighted by atomic mass is 16.6. The lowest BCUT2D eigenvalue weighted by molar-refractivity contribution is -0.338. The highest BCUT2D eigenvalue weighted by Gasteiger charge is 2.52. The number of esters is 1. The van der Waals surface area contributed by atoms with E-state index in [1.54, 1.807) is 0 Å². The number of aliphatic hydroxyl groups is 7. The van der Waals surface area contributed by atoms with Crippen molar-refractivity contribution in [2.24, 2.45) is 5.41 Å². The molecule has 0 saturated heterocycles. The van der Waals surface area contributed by atoms with Crippen LogP contribution in [0.4, 0.5) is 0 Å². The molecule has 7 N–H and O–H groups in total. The smallest absolute Gasteiger partial charge is 0.372 e. The van der Waals surface area contributed by atoms with E-state index in [0.29, 0.717) is 6.92 Å². The topological polar surface area (TPSA) is 168 Å². The van der Waals surface area contributed by atoms with Gasteiger partial charge in [0.1, 0.15) is 6.61 Å². The van der Waals surface area contributed by atoms with Crippen LogP contribution in [-0.4, -0.2) is 79.7 Å². The Morgan fingerprint density at radius 1 is 1.00 bits per heavy atom. The number of carbonyl (C=O) groups excluding carboxylic acids is 1. The van der Waals surface area contributed by atoms with Crippen molar-refractivity contribution in [1.82, 2.24) is 0 Å². The van der Waals surface area contributed by atoms with Crippen LogP contribution >= 0.6 is 0 Å². The Bertz CT molecular complexity index is 268. The average Bonchev–Trinajstić information content (AvgIpc) is 2.29. The zero-order chi connectivity index (χ0) is 14.6. The van der Waals surface area contributed by atoms with Gasteiger partial charge in [0.05, 0.1) is 25.2 Å². The summed E-state index contributed by atoms with van der Waals surface area (Å²) in [6.45, 7) is -2.38. The number of carbonyl (C=O) groups is 1. The molecule has 0 aliphatic rings. The van der Waals surface area contributed by atoms with E-state index in [2.05, 4.69) is 4.74 Å². The van der Waals surface area contributed by atoms with Crippen molar-refractivity contribution >= 4 is 5.97 Å². The van der Waals surface area contributed by atoms with Crippen LogP contribution in [0.1, 0.15) is 6.92 Å². The lowest BCUT2D eigenvalue weighted by Gasteiger charge is -2.32. The zero-order valence-corrected chi connectivity index (χ0v) is 9.78. The molecule has 0 radical (unpaired) electrons. The second kappa shape index (κ2) is 5.89. The lowest BCUT2D eigenvalue weighted by atomic mass is 9.92. The third-order valence-corrected chi connectivity index (χ3v) is 2.46. The number of aliphatic hydroxyl groups excluding tert-OH is 3. The normalized spacial score (nSPS) is 13.6. The zero-order valence-electron chi connectivity index (χ0n) is 9.78. The predicted octanol–water partition coefficient (Wildman–Crippen LogP) is -4.13. The molecule has 0 aliphatic carbocycles. The van der Waals surface area contributed by atoms with Gasteiger partial charge in [-0.3, -0.25) is 0 Å². The van der Waals surface area contributed by atoms with Crippen LogP contribution in [0, 0.1) is 5.41 Å². The predicted molar refractivity (Wildman–Crippen MR) is 54.7 cm³/mol. The fraction of sp³-hybridized carbons (Fsp3) is 0.889. The van der Waals surface area contributed by atoms with Crippen LogP contribution in [-0.2, 0) is 9.53 Å². The highest BCUT2D eigenvalue weighted by Crippen LogP contribution is 2.21. The van der Waals surface area contributed by atoms with Crippen molar-refractivity contribution in [3.8, 4) is 0 Å². The minimum atomic E-state index is -3.58. The summed E-state index contributed by atoms with van der Waals surface area (Å²) in [5.41, 5.74) is -1.56. The molecule has 0 aliphatic heterocycles. The van der Waals surface area contributed by atoms with Crippen molar-refractivity contribution in [3.63, 3.8) is 0 Å². The van der Waals surface area contributed by atoms with Crippen LogP contribution in [0.15, 0.2) is 0 Å². The molecule has 18 heavy (non-hydrogen) atoms. The van der Waals surface area contributed by atoms with Gasteiger partial charge in [0.2, 0.25) is 5.79 Å². The van der Waals surface area contributed by atoms with Gasteiger partial charge < -0.3 is 40.5 Å². The Balaban J connectivity index is 4.70. The first kappa shape index (κ1) is 17.2. The van der Waals surface area contributed by atoms with Gasteiger partial charge in [-0.15, -0.1) is 0 Å². The molecule has 0 aromatic heterocycles. The molecular formula is C9H18O9. The monoisotopic (exact) mass is 270 g/mol. The molecule has 0 spiro atoms. The molecule has 0 fully saturated rings. The Morgan fingerprint density at radius 2 is 1.39 bits per heavy atom. The number of hydrogen-bond donors (Lipinski definition) is 7. The molecule has 0 unspecified atom stereocenters. The van der Waals surface area contributed by atoms with Gasteiger partial charge in [-0.1, -0.05) is 0 Å². The summed E-state index contributed by atoms with van der Waals surface area (Å²) in [6, 6.07) is 0. The van der Waals surface area contributed by atoms with Crippen molar-refractivity contribution in [3.05, 3.63) is 0 Å². The third-order valence-electron chi connectivity index (χ3n) is 2.46. The van der Waals surface area contributed by atoms with Gasteiger partial charge in [-0.25, -0.2) is 4.79 Å². The van der Waals surface area contributed by atoms with Gasteiger partial charge in [-0.2, -0.15) is 0 Å². The fourth-order valence-corrected chi connectivity index (χ4v) is 0.800. The minimum Gasteiger partial charge on any atom is -0.461 e. The maximum Gasteiger partial charge on any atom is 0.372 e. The summed E-state index contributed by atoms with van der Waals surface area (Å²) in [6.07, 6.45) is 0. The molecule has 0 rings (SSSR count). The quantitative estimate of drug-likeness (QED) is 0.179. The van der Waals surface area contributed by atoms with E-state index in [9.17, 15) is 4.79 Å². The summed E-state index contributed by atoms with van der Waals surface area (Å²) >= 11 is 0. The van der Waals surface area contributed by atoms with Crippen molar-refractivity contribution < 1.29 is 45.3 Å². The maximum atomic E-state index is 11.2. The molecule has 0 amide bonds. The van der Waals surface area contributed by atoms with E-state index in [-0.39, 0.29) is 0 Å². The van der Waals surface area contributed by atoms with Crippen LogP contribution in [0.5, 0.6) is 0 Å². The molecule has 108 valence electrons. The van der Waals surface area contributed by atoms with Crippen molar-refractivity contribution in [1.29, 1.82) is 0 Å². The first-order valence-electron chi connectivity index (χ1n) is 4.95. The summed E-state index contributed by atoms with van der Waals surface area (Å²) < 4.78 is 4.33. The van der Waals surface area contributed by atoms with Crippen LogP contribution in [0.25, 0.3) is 0 Å². The lowest BCUT2D eigenvalue weighted by Crippen LogP contribution is -2.59. The summed E-state index contributed by atoms with van der Waals surface area (Å²) in [4.78, 5) is 11.2. The van der Waals surface area contributed by atoms with Crippen molar-refractivity contribution in [2.45, 2.75) is 18.5 Å². The molecule has 0 aromatic carbocycles. The van der Waals surface area contributed by atoms with E-state index in [1.165, 1.54) is 0 Å². The summed E-state index contributed by atoms with van der Waals surface area (Å²) in [5, 5.41) is 62.9. The standard InChI is InChI=1S/C9H18O9/c1-7(14,15)9(16,17)6(13)18-5-8(2-10,3-11)4-12/h10-12,14-17H,2-5H2,1H3. The summed E-state index contributed by atoms with van der Waals surface area (Å²) in [5.74, 6) is -8.54. The Labute approximate surface area is 102 Å². The Hall–Kier alpha value is -0.810. The Kier molecular flexibility index (Phi) is 5.62. The molecule has 0 heterocycles. The third kappa shape index (κ3) is 3.59. The number of rotatable bonds is 7. The number of ether oxygens (including phenoxy) is 1. The van der Waals surface area contributed by atoms with E-state index in [1.807, 2.05) is 0 Å². The molecule has 9 heteroatoms. The van der Waals surface area contributed by atoms with E-state index in [4.69, 9.17) is 35.7 Å². The summed E-state index contributed by atoms with van der Waals surface area (Å²) in [7, 11) is 0. The molecule has 0 aromatic rings. The number of hydrogen-bond acceptors (Lipinski definition) is 9. The molecule has 0 saturated carbocycles. The first-order valence-corrected chi connectivity index (χ1v) is 4.95. The van der Waals surface area contributed by atoms with Gasteiger partial charge in [0.25, 0.3) is 0 Å². The van der Waals surface area contributed by atoms with Gasteiger partial charge in [0, 0.05) is 0 Å². The second-order valence-corrected chi connectivity index (χ2v) is 4.24. The van der Waals surface area contributed by atoms with Crippen molar-refractivity contribution in [2.75, 3.05) is 26.4 Å². The SMILES string of the molecule is CC(O)(O)C(O)(O)C(=O)OCC(CO)(CO)CO. The Morgan fingerprint density at radius 3 is 1.67 bits per heavy atom. The molecule has 0 atom stereocenters. The molecular weight excluding hydrogens is 252 g/mol. The fourth-order valence-electron chi connectivity index (χ4n) is 0.800. The van der Waals surface area contributed by atoms with Crippen LogP contribution < -0.4 is 0 Å². The van der Waals surface area contributed by atoms with Gasteiger partial charge in [0.15, 0.2) is 0 Å². The van der Waals surface area contributed by atoms with Crippen LogP contribution in [0.2, 0.25) is 0 Å². The van der Waals surface area contributed by atoms with Gasteiger partial charge >= 0.3 is 11.8 Å². The maximum absolute atomic E-state index is 11.2. The van der Waals surface area contributed by atoms with E-state index < -0.39 is 49.4 Å².